The number of carbonyl (C=O) groups excluding carboxylic acids is 1. The maximum Gasteiger partial charge on any atom is 0.358 e. The van der Waals surface area contributed by atoms with E-state index in [1.54, 1.807) is 28.2 Å². The first-order chi connectivity index (χ1) is 12.1. The summed E-state index contributed by atoms with van der Waals surface area (Å²) in [6, 6.07) is 1.61. The summed E-state index contributed by atoms with van der Waals surface area (Å²) in [6.45, 7) is 0.770. The van der Waals surface area contributed by atoms with Crippen LogP contribution in [0.1, 0.15) is 40.1 Å². The van der Waals surface area contributed by atoms with Gasteiger partial charge in [-0.15, -0.1) is 11.3 Å². The second-order valence-electron chi connectivity index (χ2n) is 5.62. The van der Waals surface area contributed by atoms with Crippen LogP contribution in [-0.2, 0) is 16.1 Å². The second-order valence-corrected chi connectivity index (χ2v) is 7.35. The van der Waals surface area contributed by atoms with Gasteiger partial charge in [0.1, 0.15) is 17.7 Å². The molecular formula is C16H13Cl2N3O3S. The third kappa shape index (κ3) is 3.50. The highest BCUT2D eigenvalue weighted by Crippen LogP contribution is 2.30. The molecule has 130 valence electrons. The SMILES string of the molecule is O=C(OCc1cn2cc(Cl)cc(Cl)c2n1)c1csc(C2CCCO2)n1. The highest BCUT2D eigenvalue weighted by atomic mass is 35.5. The Labute approximate surface area is 157 Å². The Balaban J connectivity index is 1.44. The van der Waals surface area contributed by atoms with Gasteiger partial charge in [0.15, 0.2) is 11.3 Å². The van der Waals surface area contributed by atoms with E-state index in [2.05, 4.69) is 9.97 Å². The van der Waals surface area contributed by atoms with Crippen LogP contribution in [-0.4, -0.2) is 26.9 Å². The summed E-state index contributed by atoms with van der Waals surface area (Å²) >= 11 is 13.5. The molecule has 0 N–H and O–H groups in total. The molecule has 1 atom stereocenters. The van der Waals surface area contributed by atoms with E-state index in [0.717, 1.165) is 24.5 Å². The van der Waals surface area contributed by atoms with Crippen LogP contribution in [0.3, 0.4) is 0 Å². The number of imidazole rings is 1. The number of hydrogen-bond donors (Lipinski definition) is 0. The molecule has 4 rings (SSSR count). The molecule has 0 aromatic carbocycles. The van der Waals surface area contributed by atoms with Gasteiger partial charge in [0, 0.05) is 24.4 Å². The minimum atomic E-state index is -0.485. The fourth-order valence-corrected chi connectivity index (χ4v) is 4.06. The van der Waals surface area contributed by atoms with Crippen LogP contribution in [0.5, 0.6) is 0 Å². The first-order valence-electron chi connectivity index (χ1n) is 7.67. The molecule has 0 amide bonds. The molecule has 1 fully saturated rings. The van der Waals surface area contributed by atoms with Gasteiger partial charge in [0.2, 0.25) is 0 Å². The minimum Gasteiger partial charge on any atom is -0.454 e. The molecule has 6 nitrogen and oxygen atoms in total. The molecule has 0 aliphatic carbocycles. The summed E-state index contributed by atoms with van der Waals surface area (Å²) in [6.07, 6.45) is 5.36. The van der Waals surface area contributed by atoms with Gasteiger partial charge in [-0.1, -0.05) is 23.2 Å². The van der Waals surface area contributed by atoms with E-state index in [-0.39, 0.29) is 12.7 Å². The van der Waals surface area contributed by atoms with E-state index < -0.39 is 5.97 Å². The van der Waals surface area contributed by atoms with E-state index in [1.807, 2.05) is 0 Å². The summed E-state index contributed by atoms with van der Waals surface area (Å²) in [7, 11) is 0. The van der Waals surface area contributed by atoms with E-state index in [4.69, 9.17) is 32.7 Å². The number of pyridine rings is 1. The molecule has 1 unspecified atom stereocenters. The van der Waals surface area contributed by atoms with Crippen molar-refractivity contribution in [2.45, 2.75) is 25.6 Å². The first kappa shape index (κ1) is 16.8. The van der Waals surface area contributed by atoms with Gasteiger partial charge in [-0.05, 0) is 18.9 Å². The van der Waals surface area contributed by atoms with Crippen molar-refractivity contribution in [1.29, 1.82) is 0 Å². The van der Waals surface area contributed by atoms with Gasteiger partial charge < -0.3 is 13.9 Å². The average Bonchev–Trinajstić information content (AvgIpc) is 3.31. The summed E-state index contributed by atoms with van der Waals surface area (Å²) in [4.78, 5) is 20.9. The summed E-state index contributed by atoms with van der Waals surface area (Å²) in [5.74, 6) is -0.485. The van der Waals surface area contributed by atoms with Crippen LogP contribution >= 0.6 is 34.5 Å². The largest absolute Gasteiger partial charge is 0.454 e. The van der Waals surface area contributed by atoms with Crippen molar-refractivity contribution in [1.82, 2.24) is 14.4 Å². The van der Waals surface area contributed by atoms with Crippen LogP contribution in [0.4, 0.5) is 0 Å². The topological polar surface area (TPSA) is 65.7 Å². The molecule has 4 heterocycles. The molecule has 0 saturated carbocycles. The maximum atomic E-state index is 12.2. The Morgan fingerprint density at radius 1 is 1.40 bits per heavy atom. The fraction of sp³-hybridized carbons (Fsp3) is 0.312. The van der Waals surface area contributed by atoms with E-state index in [1.165, 1.54) is 11.3 Å². The monoisotopic (exact) mass is 397 g/mol. The highest BCUT2D eigenvalue weighted by molar-refractivity contribution is 7.09. The molecule has 25 heavy (non-hydrogen) atoms. The summed E-state index contributed by atoms with van der Waals surface area (Å²) < 4.78 is 12.6. The molecule has 3 aromatic rings. The van der Waals surface area contributed by atoms with Crippen LogP contribution in [0.2, 0.25) is 10.0 Å². The predicted molar refractivity (Wildman–Crippen MR) is 94.4 cm³/mol. The van der Waals surface area contributed by atoms with E-state index >= 15 is 0 Å². The molecule has 1 saturated heterocycles. The van der Waals surface area contributed by atoms with Gasteiger partial charge in [0.05, 0.1) is 15.7 Å². The number of rotatable bonds is 4. The van der Waals surface area contributed by atoms with Gasteiger partial charge in [-0.25, -0.2) is 14.8 Å². The third-order valence-electron chi connectivity index (χ3n) is 3.81. The Kier molecular flexibility index (Phi) is 4.64. The standard InChI is InChI=1S/C16H13Cl2N3O3S/c17-9-4-11(18)14-19-10(6-21(14)5-9)7-24-16(22)12-8-25-15(20-12)13-2-1-3-23-13/h4-6,8,13H,1-3,7H2. The van der Waals surface area contributed by atoms with Crippen molar-refractivity contribution in [3.63, 3.8) is 0 Å². The molecule has 0 spiro atoms. The average molecular weight is 398 g/mol. The Morgan fingerprint density at radius 2 is 2.28 bits per heavy atom. The number of hydrogen-bond acceptors (Lipinski definition) is 6. The number of thiazole rings is 1. The Morgan fingerprint density at radius 3 is 3.08 bits per heavy atom. The van der Waals surface area contributed by atoms with Gasteiger partial charge in [0.25, 0.3) is 0 Å². The first-order valence-corrected chi connectivity index (χ1v) is 9.30. The van der Waals surface area contributed by atoms with E-state index in [9.17, 15) is 4.79 Å². The molecule has 3 aromatic heterocycles. The third-order valence-corrected chi connectivity index (χ3v) is 5.23. The highest BCUT2D eigenvalue weighted by Gasteiger charge is 2.23. The Bertz CT molecular complexity index is 934. The van der Waals surface area contributed by atoms with Crippen LogP contribution in [0, 0.1) is 0 Å². The van der Waals surface area contributed by atoms with Crippen LogP contribution in [0.15, 0.2) is 23.8 Å². The molecule has 1 aliphatic heterocycles. The lowest BCUT2D eigenvalue weighted by Gasteiger charge is -2.03. The lowest BCUT2D eigenvalue weighted by Crippen LogP contribution is -2.06. The number of halogens is 2. The number of aromatic nitrogens is 3. The zero-order valence-corrected chi connectivity index (χ0v) is 15.3. The quantitative estimate of drug-likeness (QED) is 0.613. The fourth-order valence-electron chi connectivity index (χ4n) is 2.66. The zero-order valence-electron chi connectivity index (χ0n) is 12.9. The number of carbonyl (C=O) groups is 1. The van der Waals surface area contributed by atoms with Crippen molar-refractivity contribution in [3.05, 3.63) is 50.3 Å². The second kappa shape index (κ2) is 6.92. The van der Waals surface area contributed by atoms with Crippen LogP contribution < -0.4 is 0 Å². The summed E-state index contributed by atoms with van der Waals surface area (Å²) in [5, 5.41) is 3.45. The number of esters is 1. The van der Waals surface area contributed by atoms with Gasteiger partial charge in [-0.2, -0.15) is 0 Å². The van der Waals surface area contributed by atoms with Crippen molar-refractivity contribution >= 4 is 46.2 Å². The van der Waals surface area contributed by atoms with Crippen molar-refractivity contribution in [3.8, 4) is 0 Å². The summed E-state index contributed by atoms with van der Waals surface area (Å²) in [5.41, 5.74) is 1.43. The van der Waals surface area contributed by atoms with E-state index in [0.29, 0.717) is 27.1 Å². The number of fused-ring (bicyclic) bond motifs is 1. The maximum absolute atomic E-state index is 12.2. The molecule has 0 bridgehead atoms. The zero-order chi connectivity index (χ0) is 17.4. The Hall–Kier alpha value is -1.67. The minimum absolute atomic E-state index is 0.00289. The van der Waals surface area contributed by atoms with Gasteiger partial charge in [-0.3, -0.25) is 0 Å². The number of ether oxygens (including phenoxy) is 2. The smallest absolute Gasteiger partial charge is 0.358 e. The normalized spacial score (nSPS) is 17.3. The van der Waals surface area contributed by atoms with Crippen LogP contribution in [0.25, 0.3) is 5.65 Å². The number of nitrogens with zero attached hydrogens (tertiary/aromatic N) is 3. The van der Waals surface area contributed by atoms with Gasteiger partial charge >= 0.3 is 5.97 Å². The van der Waals surface area contributed by atoms with Crippen molar-refractivity contribution in [2.24, 2.45) is 0 Å². The lowest BCUT2D eigenvalue weighted by molar-refractivity contribution is 0.0461. The molecule has 1 aliphatic rings. The van der Waals surface area contributed by atoms with Crippen molar-refractivity contribution < 1.29 is 14.3 Å². The molecule has 9 heteroatoms. The van der Waals surface area contributed by atoms with Crippen molar-refractivity contribution in [2.75, 3.05) is 6.61 Å². The predicted octanol–water partition coefficient (Wildman–Crippen LogP) is 4.31. The lowest BCUT2D eigenvalue weighted by atomic mass is 10.2. The molecule has 0 radical (unpaired) electrons. The molecular weight excluding hydrogens is 385 g/mol.